The number of guanidine groups is 1. The molecule has 0 spiro atoms. The lowest BCUT2D eigenvalue weighted by Crippen LogP contribution is -2.42. The third kappa shape index (κ3) is 9.06. The van der Waals surface area contributed by atoms with Crippen LogP contribution in [-0.2, 0) is 10.0 Å². The summed E-state index contributed by atoms with van der Waals surface area (Å²) in [5, 5.41) is 6.36. The molecule has 23 heavy (non-hydrogen) atoms. The van der Waals surface area contributed by atoms with Crippen molar-refractivity contribution in [3.05, 3.63) is 0 Å². The van der Waals surface area contributed by atoms with Gasteiger partial charge in [-0.3, -0.25) is 9.89 Å². The fraction of sp³-hybridized carbons (Fsp3) is 0.929. The monoisotopic (exact) mass is 461 g/mol. The molecule has 1 aliphatic rings. The number of halogens is 1. The largest absolute Gasteiger partial charge is 0.357 e. The highest BCUT2D eigenvalue weighted by Gasteiger charge is 2.22. The van der Waals surface area contributed by atoms with Crippen molar-refractivity contribution in [1.29, 1.82) is 0 Å². The average Bonchev–Trinajstić information content (AvgIpc) is 2.96. The summed E-state index contributed by atoms with van der Waals surface area (Å²) >= 11 is 0. The van der Waals surface area contributed by atoms with E-state index in [4.69, 9.17) is 0 Å². The van der Waals surface area contributed by atoms with Gasteiger partial charge < -0.3 is 10.6 Å². The molecule has 138 valence electrons. The van der Waals surface area contributed by atoms with Gasteiger partial charge in [0.1, 0.15) is 0 Å². The van der Waals surface area contributed by atoms with Crippen molar-refractivity contribution in [2.24, 2.45) is 4.99 Å². The Kier molecular flexibility index (Phi) is 12.2. The van der Waals surface area contributed by atoms with Crippen molar-refractivity contribution in [3.63, 3.8) is 0 Å². The summed E-state index contributed by atoms with van der Waals surface area (Å²) in [5.41, 5.74) is 0. The minimum absolute atomic E-state index is 0. The first-order valence-electron chi connectivity index (χ1n) is 8.26. The van der Waals surface area contributed by atoms with Crippen molar-refractivity contribution in [3.8, 4) is 0 Å². The minimum atomic E-state index is -3.12. The topological polar surface area (TPSA) is 85.8 Å². The molecule has 0 aromatic carbocycles. The van der Waals surface area contributed by atoms with E-state index < -0.39 is 10.0 Å². The van der Waals surface area contributed by atoms with Crippen LogP contribution in [0.2, 0.25) is 0 Å². The van der Waals surface area contributed by atoms with E-state index in [1.165, 1.54) is 19.4 Å². The Morgan fingerprint density at radius 3 is 2.57 bits per heavy atom. The Balaban J connectivity index is 0.00000484. The van der Waals surface area contributed by atoms with Gasteiger partial charge in [-0.15, -0.1) is 24.0 Å². The molecule has 1 aliphatic heterocycles. The average molecular weight is 461 g/mol. The molecule has 0 aliphatic carbocycles. The summed E-state index contributed by atoms with van der Waals surface area (Å²) in [6.07, 6.45) is 2.45. The number of rotatable bonds is 9. The van der Waals surface area contributed by atoms with Gasteiger partial charge in [0.15, 0.2) is 5.96 Å². The first-order valence-corrected chi connectivity index (χ1v) is 9.91. The van der Waals surface area contributed by atoms with E-state index in [1.54, 1.807) is 6.92 Å². The Morgan fingerprint density at radius 1 is 1.22 bits per heavy atom. The third-order valence-electron chi connectivity index (χ3n) is 3.83. The molecule has 0 aromatic rings. The zero-order chi connectivity index (χ0) is 16.4. The highest BCUT2D eigenvalue weighted by Crippen LogP contribution is 2.16. The number of sulfonamides is 1. The van der Waals surface area contributed by atoms with Gasteiger partial charge in [0.2, 0.25) is 10.0 Å². The van der Waals surface area contributed by atoms with Crippen molar-refractivity contribution in [2.45, 2.75) is 39.7 Å². The van der Waals surface area contributed by atoms with Crippen LogP contribution in [0.25, 0.3) is 0 Å². The Labute approximate surface area is 158 Å². The second-order valence-electron chi connectivity index (χ2n) is 5.37. The summed E-state index contributed by atoms with van der Waals surface area (Å²) in [6, 6.07) is 0.527. The quantitative estimate of drug-likeness (QED) is 0.203. The number of hydrogen-bond acceptors (Lipinski definition) is 4. The molecule has 1 saturated heterocycles. The molecule has 0 radical (unpaired) electrons. The zero-order valence-electron chi connectivity index (χ0n) is 14.5. The first-order chi connectivity index (χ1) is 10.5. The highest BCUT2D eigenvalue weighted by molar-refractivity contribution is 14.0. The van der Waals surface area contributed by atoms with E-state index in [0.717, 1.165) is 25.6 Å². The van der Waals surface area contributed by atoms with Crippen LogP contribution in [0.4, 0.5) is 0 Å². The number of likely N-dealkylation sites (N-methyl/N-ethyl adjacent to an activating group) is 1. The van der Waals surface area contributed by atoms with Crippen molar-refractivity contribution >= 4 is 40.0 Å². The summed E-state index contributed by atoms with van der Waals surface area (Å²) in [7, 11) is -3.12. The SMILES string of the molecule is CCNC(=NCC1CCCN1CC)NCCNS(=O)(=O)CC.I. The molecule has 0 amide bonds. The van der Waals surface area contributed by atoms with Crippen molar-refractivity contribution < 1.29 is 8.42 Å². The molecule has 9 heteroatoms. The molecular weight excluding hydrogens is 429 g/mol. The lowest BCUT2D eigenvalue weighted by atomic mass is 10.2. The first kappa shape index (κ1) is 22.9. The van der Waals surface area contributed by atoms with Crippen LogP contribution in [0.1, 0.15) is 33.6 Å². The van der Waals surface area contributed by atoms with Crippen LogP contribution in [0.5, 0.6) is 0 Å². The lowest BCUT2D eigenvalue weighted by Gasteiger charge is -2.21. The number of hydrogen-bond donors (Lipinski definition) is 3. The molecule has 3 N–H and O–H groups in total. The van der Waals surface area contributed by atoms with E-state index in [-0.39, 0.29) is 29.7 Å². The van der Waals surface area contributed by atoms with Gasteiger partial charge >= 0.3 is 0 Å². The molecule has 1 rings (SSSR count). The number of likely N-dealkylation sites (tertiary alicyclic amines) is 1. The lowest BCUT2D eigenvalue weighted by molar-refractivity contribution is 0.273. The maximum absolute atomic E-state index is 11.3. The van der Waals surface area contributed by atoms with Gasteiger partial charge in [0, 0.05) is 25.7 Å². The molecule has 0 saturated carbocycles. The summed E-state index contributed by atoms with van der Waals surface area (Å²) in [4.78, 5) is 7.08. The standard InChI is InChI=1S/C14H31N5O2S.HI/c1-4-15-14(16-9-10-18-22(20,21)6-3)17-12-13-8-7-11-19(13)5-2;/h13,18H,4-12H2,1-3H3,(H2,15,16,17);1H. The van der Waals surface area contributed by atoms with Crippen LogP contribution >= 0.6 is 24.0 Å². The van der Waals surface area contributed by atoms with E-state index in [1.807, 2.05) is 6.92 Å². The van der Waals surface area contributed by atoms with E-state index in [2.05, 4.69) is 32.2 Å². The number of nitrogens with zero attached hydrogens (tertiary/aromatic N) is 2. The Hall–Kier alpha value is -0.130. The predicted octanol–water partition coefficient (Wildman–Crippen LogP) is 0.583. The fourth-order valence-electron chi connectivity index (χ4n) is 2.55. The van der Waals surface area contributed by atoms with Crippen molar-refractivity contribution in [1.82, 2.24) is 20.3 Å². The van der Waals surface area contributed by atoms with Gasteiger partial charge in [-0.1, -0.05) is 6.92 Å². The van der Waals surface area contributed by atoms with Crippen LogP contribution in [-0.4, -0.2) is 70.3 Å². The second-order valence-corrected chi connectivity index (χ2v) is 7.46. The fourth-order valence-corrected chi connectivity index (χ4v) is 3.16. The molecule has 0 aromatic heterocycles. The molecule has 7 nitrogen and oxygen atoms in total. The molecular formula is C14H32IN5O2S. The molecule has 0 bridgehead atoms. The van der Waals surface area contributed by atoms with Gasteiger partial charge in [0.25, 0.3) is 0 Å². The smallest absolute Gasteiger partial charge is 0.211 e. The zero-order valence-corrected chi connectivity index (χ0v) is 17.6. The van der Waals surface area contributed by atoms with Crippen LogP contribution in [0.15, 0.2) is 4.99 Å². The minimum Gasteiger partial charge on any atom is -0.357 e. The summed E-state index contributed by atoms with van der Waals surface area (Å²) in [6.45, 7) is 10.5. The van der Waals surface area contributed by atoms with Gasteiger partial charge in [0.05, 0.1) is 12.3 Å². The van der Waals surface area contributed by atoms with E-state index in [0.29, 0.717) is 19.1 Å². The molecule has 1 heterocycles. The van der Waals surface area contributed by atoms with Gasteiger partial charge in [-0.05, 0) is 39.8 Å². The number of nitrogens with one attached hydrogen (secondary N) is 3. The van der Waals surface area contributed by atoms with Crippen LogP contribution in [0.3, 0.4) is 0 Å². The third-order valence-corrected chi connectivity index (χ3v) is 5.23. The Bertz CT molecular complexity index is 444. The maximum atomic E-state index is 11.3. The Morgan fingerprint density at radius 2 is 1.96 bits per heavy atom. The highest BCUT2D eigenvalue weighted by atomic mass is 127. The summed E-state index contributed by atoms with van der Waals surface area (Å²) < 4.78 is 25.2. The van der Waals surface area contributed by atoms with Gasteiger partial charge in [-0.2, -0.15) is 0 Å². The molecule has 1 fully saturated rings. The molecule has 1 unspecified atom stereocenters. The predicted molar refractivity (Wildman–Crippen MR) is 107 cm³/mol. The van der Waals surface area contributed by atoms with Crippen molar-refractivity contribution in [2.75, 3.05) is 45.0 Å². The van der Waals surface area contributed by atoms with Crippen LogP contribution < -0.4 is 15.4 Å². The van der Waals surface area contributed by atoms with Gasteiger partial charge in [-0.25, -0.2) is 13.1 Å². The maximum Gasteiger partial charge on any atom is 0.211 e. The second kappa shape index (κ2) is 12.3. The molecule has 1 atom stereocenters. The van der Waals surface area contributed by atoms with E-state index in [9.17, 15) is 8.42 Å². The summed E-state index contributed by atoms with van der Waals surface area (Å²) in [5.74, 6) is 0.858. The van der Waals surface area contributed by atoms with Crippen LogP contribution in [0, 0.1) is 0 Å². The number of aliphatic imine (C=N–C) groups is 1. The normalized spacial score (nSPS) is 19.4. The van der Waals surface area contributed by atoms with E-state index >= 15 is 0 Å².